The topological polar surface area (TPSA) is 73.9 Å². The fourth-order valence-electron chi connectivity index (χ4n) is 3.39. The van der Waals surface area contributed by atoms with Crippen LogP contribution in [0, 0.1) is 11.8 Å². The molecule has 2 rings (SSSR count). The maximum atomic E-state index is 12.1. The summed E-state index contributed by atoms with van der Waals surface area (Å²) in [4.78, 5) is 24.1. The third-order valence-electron chi connectivity index (χ3n) is 5.21. The van der Waals surface area contributed by atoms with Crippen LogP contribution < -0.4 is 14.8 Å². The van der Waals surface area contributed by atoms with Crippen molar-refractivity contribution >= 4 is 11.9 Å². The maximum Gasteiger partial charge on any atom is 0.310 e. The Morgan fingerprint density at radius 1 is 1.12 bits per heavy atom. The molecule has 0 aromatic heterocycles. The number of nitrogens with one attached hydrogen (secondary N) is 1. The Balaban J connectivity index is 1.80. The average Bonchev–Trinajstić information content (AvgIpc) is 2.63. The zero-order valence-corrected chi connectivity index (χ0v) is 16.0. The molecule has 6 nitrogen and oxygen atoms in total. The highest BCUT2D eigenvalue weighted by molar-refractivity contribution is 5.81. The Labute approximate surface area is 155 Å². The fourth-order valence-corrected chi connectivity index (χ4v) is 3.39. The third-order valence-corrected chi connectivity index (χ3v) is 5.21. The van der Waals surface area contributed by atoms with Crippen molar-refractivity contribution in [2.75, 3.05) is 20.8 Å². The Bertz CT molecular complexity index is 631. The van der Waals surface area contributed by atoms with Crippen LogP contribution in [0.4, 0.5) is 0 Å². The lowest BCUT2D eigenvalue weighted by Gasteiger charge is -2.34. The van der Waals surface area contributed by atoms with Crippen molar-refractivity contribution in [2.45, 2.75) is 45.6 Å². The van der Waals surface area contributed by atoms with Crippen LogP contribution in [0.15, 0.2) is 18.2 Å². The van der Waals surface area contributed by atoms with Gasteiger partial charge in [-0.2, -0.15) is 0 Å². The van der Waals surface area contributed by atoms with E-state index in [9.17, 15) is 9.59 Å². The smallest absolute Gasteiger partial charge is 0.310 e. The van der Waals surface area contributed by atoms with E-state index < -0.39 is 5.97 Å². The molecular weight excluding hydrogens is 334 g/mol. The molecule has 0 heterocycles. The highest BCUT2D eigenvalue weighted by Crippen LogP contribution is 2.29. The summed E-state index contributed by atoms with van der Waals surface area (Å²) in [6.07, 6.45) is 3.38. The first kappa shape index (κ1) is 20.1. The van der Waals surface area contributed by atoms with E-state index in [0.717, 1.165) is 18.4 Å². The molecule has 1 saturated carbocycles. The van der Waals surface area contributed by atoms with Gasteiger partial charge in [-0.1, -0.05) is 32.8 Å². The molecule has 0 unspecified atom stereocenters. The normalized spacial score (nSPS) is 22.4. The van der Waals surface area contributed by atoms with Gasteiger partial charge in [0.25, 0.3) is 5.91 Å². The van der Waals surface area contributed by atoms with E-state index in [1.54, 1.807) is 25.3 Å². The number of carbonyl (C=O) groups excluding carboxylic acids is 2. The van der Waals surface area contributed by atoms with Gasteiger partial charge in [-0.3, -0.25) is 9.59 Å². The highest BCUT2D eigenvalue weighted by atomic mass is 16.5. The van der Waals surface area contributed by atoms with Gasteiger partial charge in [0.1, 0.15) is 0 Å². The molecule has 1 N–H and O–H groups in total. The lowest BCUT2D eigenvalue weighted by molar-refractivity contribution is -0.148. The number of hydrogen-bond donors (Lipinski definition) is 1. The second kappa shape index (κ2) is 9.46. The van der Waals surface area contributed by atoms with Crippen molar-refractivity contribution in [1.82, 2.24) is 5.32 Å². The zero-order chi connectivity index (χ0) is 19.1. The second-order valence-corrected chi connectivity index (χ2v) is 6.97. The van der Waals surface area contributed by atoms with Gasteiger partial charge in [0.15, 0.2) is 18.1 Å². The lowest BCUT2D eigenvalue weighted by Crippen LogP contribution is -2.45. The van der Waals surface area contributed by atoms with Gasteiger partial charge in [0.2, 0.25) is 0 Å². The molecule has 0 saturated heterocycles. The summed E-state index contributed by atoms with van der Waals surface area (Å²) in [5, 5.41) is 3.00. The van der Waals surface area contributed by atoms with Gasteiger partial charge in [0.05, 0.1) is 20.6 Å². The number of carbonyl (C=O) groups is 2. The van der Waals surface area contributed by atoms with Gasteiger partial charge in [-0.05, 0) is 36.0 Å². The molecule has 144 valence electrons. The molecule has 0 bridgehead atoms. The summed E-state index contributed by atoms with van der Waals surface area (Å²) in [5.74, 6) is 1.50. The first-order chi connectivity index (χ1) is 12.4. The van der Waals surface area contributed by atoms with Crippen LogP contribution in [0.2, 0.25) is 0 Å². The van der Waals surface area contributed by atoms with E-state index in [4.69, 9.17) is 14.2 Å². The van der Waals surface area contributed by atoms with Crippen LogP contribution in [0.5, 0.6) is 11.5 Å². The zero-order valence-electron chi connectivity index (χ0n) is 16.0. The first-order valence-corrected chi connectivity index (χ1v) is 9.10. The number of esters is 1. The van der Waals surface area contributed by atoms with E-state index in [2.05, 4.69) is 19.2 Å². The maximum absolute atomic E-state index is 12.1. The van der Waals surface area contributed by atoms with Crippen molar-refractivity contribution in [3.8, 4) is 11.5 Å². The molecule has 1 aromatic rings. The van der Waals surface area contributed by atoms with Crippen LogP contribution in [-0.4, -0.2) is 38.7 Å². The van der Waals surface area contributed by atoms with Crippen molar-refractivity contribution < 1.29 is 23.8 Å². The molecule has 0 spiro atoms. The standard InChI is InChI=1S/C20H29NO5/c1-13-6-5-7-16(14(13)2)21-19(22)12-26-20(23)11-15-8-9-17(24-3)18(10-15)25-4/h8-10,13-14,16H,5-7,11-12H2,1-4H3,(H,21,22)/t13-,14+,16-/m1/s1. The molecule has 1 aromatic carbocycles. The Morgan fingerprint density at radius 2 is 1.85 bits per heavy atom. The summed E-state index contributed by atoms with van der Waals surface area (Å²) in [5.41, 5.74) is 0.739. The summed E-state index contributed by atoms with van der Waals surface area (Å²) in [6.45, 7) is 4.13. The fraction of sp³-hybridized carbons (Fsp3) is 0.600. The molecular formula is C20H29NO5. The second-order valence-electron chi connectivity index (χ2n) is 6.97. The van der Waals surface area contributed by atoms with E-state index in [0.29, 0.717) is 23.3 Å². The lowest BCUT2D eigenvalue weighted by atomic mass is 9.78. The van der Waals surface area contributed by atoms with Crippen molar-refractivity contribution in [1.29, 1.82) is 0 Å². The first-order valence-electron chi connectivity index (χ1n) is 9.10. The van der Waals surface area contributed by atoms with Gasteiger partial charge in [0, 0.05) is 6.04 Å². The molecule has 0 radical (unpaired) electrons. The average molecular weight is 363 g/mol. The number of benzene rings is 1. The number of amides is 1. The number of methoxy groups -OCH3 is 2. The summed E-state index contributed by atoms with van der Waals surface area (Å²) < 4.78 is 15.5. The monoisotopic (exact) mass is 363 g/mol. The van der Waals surface area contributed by atoms with Crippen LogP contribution in [0.25, 0.3) is 0 Å². The van der Waals surface area contributed by atoms with E-state index in [1.165, 1.54) is 13.5 Å². The number of hydrogen-bond acceptors (Lipinski definition) is 5. The summed E-state index contributed by atoms with van der Waals surface area (Å²) in [6, 6.07) is 5.40. The molecule has 1 aliphatic rings. The van der Waals surface area contributed by atoms with Crippen LogP contribution in [0.3, 0.4) is 0 Å². The molecule has 3 atom stereocenters. The minimum atomic E-state index is -0.447. The molecule has 6 heteroatoms. The third kappa shape index (κ3) is 5.38. The molecule has 26 heavy (non-hydrogen) atoms. The molecule has 1 amide bonds. The minimum absolute atomic E-state index is 0.0739. The number of ether oxygens (including phenoxy) is 3. The van der Waals surface area contributed by atoms with Crippen LogP contribution in [0.1, 0.15) is 38.7 Å². The minimum Gasteiger partial charge on any atom is -0.493 e. The van der Waals surface area contributed by atoms with E-state index >= 15 is 0 Å². The molecule has 0 aliphatic heterocycles. The van der Waals surface area contributed by atoms with Crippen molar-refractivity contribution in [3.05, 3.63) is 23.8 Å². The summed E-state index contributed by atoms with van der Waals surface area (Å²) in [7, 11) is 3.09. The highest BCUT2D eigenvalue weighted by Gasteiger charge is 2.28. The Hall–Kier alpha value is -2.24. The van der Waals surface area contributed by atoms with E-state index in [-0.39, 0.29) is 25.0 Å². The SMILES string of the molecule is COc1ccc(CC(=O)OCC(=O)N[C@@H]2CCC[C@@H](C)[C@@H]2C)cc1OC. The van der Waals surface area contributed by atoms with E-state index in [1.807, 2.05) is 0 Å². The Morgan fingerprint density at radius 3 is 2.54 bits per heavy atom. The van der Waals surface area contributed by atoms with Gasteiger partial charge >= 0.3 is 5.97 Å². The van der Waals surface area contributed by atoms with Gasteiger partial charge < -0.3 is 19.5 Å². The molecule has 1 fully saturated rings. The predicted molar refractivity (Wildman–Crippen MR) is 98.3 cm³/mol. The van der Waals surface area contributed by atoms with Crippen LogP contribution in [-0.2, 0) is 20.7 Å². The predicted octanol–water partition coefficient (Wildman–Crippen LogP) is 2.73. The summed E-state index contributed by atoms with van der Waals surface area (Å²) >= 11 is 0. The molecule has 1 aliphatic carbocycles. The van der Waals surface area contributed by atoms with Gasteiger partial charge in [-0.25, -0.2) is 0 Å². The largest absolute Gasteiger partial charge is 0.493 e. The Kier molecular flexibility index (Phi) is 7.30. The quantitative estimate of drug-likeness (QED) is 0.754. The number of rotatable bonds is 7. The van der Waals surface area contributed by atoms with Gasteiger partial charge in [-0.15, -0.1) is 0 Å². The van der Waals surface area contributed by atoms with Crippen molar-refractivity contribution in [3.63, 3.8) is 0 Å². The van der Waals surface area contributed by atoms with Crippen LogP contribution >= 0.6 is 0 Å². The van der Waals surface area contributed by atoms with Crippen molar-refractivity contribution in [2.24, 2.45) is 11.8 Å².